The van der Waals surface area contributed by atoms with E-state index in [-0.39, 0.29) is 41.4 Å². The van der Waals surface area contributed by atoms with Gasteiger partial charge in [-0.2, -0.15) is 0 Å². The molecule has 0 spiro atoms. The van der Waals surface area contributed by atoms with Crippen LogP contribution in [0.25, 0.3) is 0 Å². The quantitative estimate of drug-likeness (QED) is 0.765. The summed E-state index contributed by atoms with van der Waals surface area (Å²) in [6, 6.07) is 0. The fourth-order valence-electron chi connectivity index (χ4n) is 4.88. The lowest BCUT2D eigenvalue weighted by Crippen LogP contribution is -2.43. The Morgan fingerprint density at radius 1 is 1.35 bits per heavy atom. The average molecular weight is 280 g/mol. The molecule has 6 unspecified atom stereocenters. The van der Waals surface area contributed by atoms with Crippen molar-refractivity contribution in [3.8, 4) is 0 Å². The molecule has 1 saturated heterocycles. The Balaban J connectivity index is 1.56. The van der Waals surface area contributed by atoms with Gasteiger partial charge in [-0.05, 0) is 39.0 Å². The molecule has 6 atom stereocenters. The molecule has 4 aliphatic rings. The smallest absolute Gasteiger partial charge is 0.310 e. The van der Waals surface area contributed by atoms with Gasteiger partial charge in [-0.15, -0.1) is 0 Å². The van der Waals surface area contributed by atoms with Crippen molar-refractivity contribution in [1.82, 2.24) is 0 Å². The maximum atomic E-state index is 12.5. The van der Waals surface area contributed by atoms with Crippen LogP contribution >= 0.6 is 0 Å². The van der Waals surface area contributed by atoms with Crippen LogP contribution in [-0.4, -0.2) is 34.9 Å². The summed E-state index contributed by atoms with van der Waals surface area (Å²) in [5.74, 6) is -1.67. The number of hydrogen-bond donors (Lipinski definition) is 1. The van der Waals surface area contributed by atoms with Gasteiger partial charge >= 0.3 is 11.9 Å². The molecule has 0 radical (unpaired) electrons. The molecule has 3 saturated carbocycles. The van der Waals surface area contributed by atoms with Gasteiger partial charge in [0.1, 0.15) is 11.7 Å². The van der Waals surface area contributed by atoms with Gasteiger partial charge in [-0.25, -0.2) is 0 Å². The third-order valence-corrected chi connectivity index (χ3v) is 5.86. The molecule has 1 aliphatic heterocycles. The van der Waals surface area contributed by atoms with Gasteiger partial charge in [0.05, 0.1) is 17.9 Å². The van der Waals surface area contributed by atoms with Crippen LogP contribution in [0.1, 0.15) is 39.0 Å². The van der Waals surface area contributed by atoms with Crippen molar-refractivity contribution < 1.29 is 24.2 Å². The van der Waals surface area contributed by atoms with E-state index in [1.165, 1.54) is 0 Å². The van der Waals surface area contributed by atoms with E-state index in [2.05, 4.69) is 0 Å². The predicted molar refractivity (Wildman–Crippen MR) is 67.4 cm³/mol. The molecule has 0 aromatic carbocycles. The van der Waals surface area contributed by atoms with Crippen molar-refractivity contribution in [2.75, 3.05) is 0 Å². The Morgan fingerprint density at radius 3 is 2.75 bits per heavy atom. The minimum absolute atomic E-state index is 0.0106. The molecule has 110 valence electrons. The first-order chi connectivity index (χ1) is 9.50. The van der Waals surface area contributed by atoms with Crippen molar-refractivity contribution in [1.29, 1.82) is 0 Å². The molecule has 4 rings (SSSR count). The second-order valence-corrected chi connectivity index (χ2v) is 7.09. The van der Waals surface area contributed by atoms with Gasteiger partial charge in [0.2, 0.25) is 0 Å². The van der Waals surface area contributed by atoms with Crippen molar-refractivity contribution in [2.24, 2.45) is 23.7 Å². The number of aliphatic hydroxyl groups excluding tert-OH is 1. The lowest BCUT2D eigenvalue weighted by molar-refractivity contribution is -0.169. The van der Waals surface area contributed by atoms with Crippen molar-refractivity contribution in [3.63, 3.8) is 0 Å². The van der Waals surface area contributed by atoms with Crippen molar-refractivity contribution in [3.05, 3.63) is 0 Å². The van der Waals surface area contributed by atoms with Gasteiger partial charge in [0, 0.05) is 11.8 Å². The van der Waals surface area contributed by atoms with Crippen LogP contribution in [-0.2, 0) is 19.1 Å². The highest BCUT2D eigenvalue weighted by Gasteiger charge is 2.68. The van der Waals surface area contributed by atoms with E-state index in [1.54, 1.807) is 0 Å². The summed E-state index contributed by atoms with van der Waals surface area (Å²) in [5.41, 5.74) is -0.383. The predicted octanol–water partition coefficient (Wildman–Crippen LogP) is 1.03. The number of hydrogen-bond acceptors (Lipinski definition) is 5. The summed E-state index contributed by atoms with van der Waals surface area (Å²) in [5, 5.41) is 10.2. The fraction of sp³-hybridized carbons (Fsp3) is 0.867. The minimum atomic E-state index is -0.698. The molecule has 1 heterocycles. The summed E-state index contributed by atoms with van der Waals surface area (Å²) in [6.45, 7) is 1.97. The van der Waals surface area contributed by atoms with Crippen LogP contribution in [0.3, 0.4) is 0 Å². The summed E-state index contributed by atoms with van der Waals surface area (Å²) in [4.78, 5) is 24.5. The summed E-state index contributed by atoms with van der Waals surface area (Å²) in [6.07, 6.45) is 3.56. The second kappa shape index (κ2) is 3.97. The fourth-order valence-corrected chi connectivity index (χ4v) is 4.88. The Hall–Kier alpha value is -1.10. The van der Waals surface area contributed by atoms with Gasteiger partial charge in [0.15, 0.2) is 0 Å². The molecule has 4 fully saturated rings. The van der Waals surface area contributed by atoms with E-state index < -0.39 is 12.0 Å². The van der Waals surface area contributed by atoms with E-state index in [1.807, 2.05) is 6.92 Å². The summed E-state index contributed by atoms with van der Waals surface area (Å²) in [7, 11) is 0. The Bertz CT molecular complexity index is 467. The van der Waals surface area contributed by atoms with Crippen LogP contribution in [0.5, 0.6) is 0 Å². The zero-order valence-corrected chi connectivity index (χ0v) is 11.6. The molecule has 0 aromatic rings. The van der Waals surface area contributed by atoms with E-state index in [0.29, 0.717) is 6.42 Å². The number of esters is 2. The molecule has 0 aromatic heterocycles. The van der Waals surface area contributed by atoms with Gasteiger partial charge < -0.3 is 14.6 Å². The van der Waals surface area contributed by atoms with Gasteiger partial charge in [-0.1, -0.05) is 0 Å². The maximum absolute atomic E-state index is 12.5. The normalized spacial score (nSPS) is 47.6. The van der Waals surface area contributed by atoms with Crippen LogP contribution < -0.4 is 0 Å². The van der Waals surface area contributed by atoms with Gasteiger partial charge in [-0.3, -0.25) is 9.59 Å². The molecule has 2 bridgehead atoms. The molecule has 5 heteroatoms. The van der Waals surface area contributed by atoms with Crippen LogP contribution in [0, 0.1) is 23.7 Å². The number of aliphatic hydroxyl groups is 1. The van der Waals surface area contributed by atoms with Gasteiger partial charge in [0.25, 0.3) is 0 Å². The van der Waals surface area contributed by atoms with E-state index in [0.717, 1.165) is 25.7 Å². The third kappa shape index (κ3) is 1.53. The first-order valence-corrected chi connectivity index (χ1v) is 7.62. The highest BCUT2D eigenvalue weighted by molar-refractivity contribution is 5.86. The topological polar surface area (TPSA) is 72.8 Å². The number of rotatable bonds is 2. The minimum Gasteiger partial charge on any atom is -0.459 e. The first kappa shape index (κ1) is 12.6. The van der Waals surface area contributed by atoms with Crippen LogP contribution in [0.4, 0.5) is 0 Å². The molecule has 20 heavy (non-hydrogen) atoms. The Labute approximate surface area is 117 Å². The number of fused-ring (bicyclic) bond motifs is 1. The summed E-state index contributed by atoms with van der Waals surface area (Å²) >= 11 is 0. The maximum Gasteiger partial charge on any atom is 0.310 e. The van der Waals surface area contributed by atoms with Crippen molar-refractivity contribution >= 4 is 11.9 Å². The van der Waals surface area contributed by atoms with E-state index >= 15 is 0 Å². The highest BCUT2D eigenvalue weighted by atomic mass is 16.6. The summed E-state index contributed by atoms with van der Waals surface area (Å²) < 4.78 is 11.0. The lowest BCUT2D eigenvalue weighted by Gasteiger charge is -2.31. The zero-order chi connectivity index (χ0) is 14.1. The molecular formula is C15H20O5. The molecule has 5 nitrogen and oxygen atoms in total. The monoisotopic (exact) mass is 280 g/mol. The molecule has 1 N–H and O–H groups in total. The SMILES string of the molecule is CC1(OC(=O)C2C3CC4C(OC(=O)C42)C3O)CCCC1. The Kier molecular flexibility index (Phi) is 2.50. The van der Waals surface area contributed by atoms with Crippen molar-refractivity contribution in [2.45, 2.75) is 56.8 Å². The average Bonchev–Trinajstić information content (AvgIpc) is 3.07. The van der Waals surface area contributed by atoms with Crippen LogP contribution in [0.15, 0.2) is 0 Å². The van der Waals surface area contributed by atoms with E-state index in [9.17, 15) is 14.7 Å². The number of carbonyl (C=O) groups is 2. The third-order valence-electron chi connectivity index (χ3n) is 5.86. The van der Waals surface area contributed by atoms with Crippen LogP contribution in [0.2, 0.25) is 0 Å². The number of carbonyl (C=O) groups excluding carboxylic acids is 2. The van der Waals surface area contributed by atoms with E-state index in [4.69, 9.17) is 9.47 Å². The molecular weight excluding hydrogens is 260 g/mol. The Morgan fingerprint density at radius 2 is 2.05 bits per heavy atom. The number of ether oxygens (including phenoxy) is 2. The largest absolute Gasteiger partial charge is 0.459 e. The highest BCUT2D eigenvalue weighted by Crippen LogP contribution is 2.58. The lowest BCUT2D eigenvalue weighted by atomic mass is 9.78. The standard InChI is InChI=1S/C15H20O5/c1-15(4-2-3-5-15)20-14(18)9-7-6-8-10(9)13(17)19-12(8)11(7)16/h7-12,16H,2-6H2,1H3. The molecule has 0 amide bonds. The molecule has 3 aliphatic carbocycles. The first-order valence-electron chi connectivity index (χ1n) is 7.62. The zero-order valence-electron chi connectivity index (χ0n) is 11.6. The second-order valence-electron chi connectivity index (χ2n) is 7.09.